The van der Waals surface area contributed by atoms with E-state index in [4.69, 9.17) is 4.98 Å². The molecule has 2 nitrogen and oxygen atoms in total. The van der Waals surface area contributed by atoms with E-state index in [9.17, 15) is 0 Å². The van der Waals surface area contributed by atoms with Gasteiger partial charge in [0.15, 0.2) is 0 Å². The Hall–Kier alpha value is -6.25. The summed E-state index contributed by atoms with van der Waals surface area (Å²) in [5, 5.41) is 10.6. The molecule has 2 heteroatoms. The molecule has 0 unspecified atom stereocenters. The van der Waals surface area contributed by atoms with Crippen LogP contribution in [0.15, 0.2) is 146 Å². The van der Waals surface area contributed by atoms with Crippen LogP contribution in [-0.2, 0) is 10.8 Å². The van der Waals surface area contributed by atoms with E-state index in [1.54, 1.807) is 0 Å². The first kappa shape index (κ1) is 29.3. The van der Waals surface area contributed by atoms with Crippen LogP contribution >= 0.6 is 0 Å². The molecule has 9 aromatic carbocycles. The Morgan fingerprint density at radius 2 is 1.06 bits per heavy atom. The van der Waals surface area contributed by atoms with Crippen molar-refractivity contribution in [2.45, 2.75) is 38.5 Å². The van der Waals surface area contributed by atoms with Crippen molar-refractivity contribution in [3.05, 3.63) is 168 Å². The zero-order valence-corrected chi connectivity index (χ0v) is 30.3. The molecular weight excluding hydrogens is 641 g/mol. The second-order valence-electron chi connectivity index (χ2n) is 16.3. The Labute approximate surface area is 308 Å². The third-order valence-corrected chi connectivity index (χ3v) is 12.9. The van der Waals surface area contributed by atoms with Gasteiger partial charge in [0.1, 0.15) is 5.82 Å². The standard InChI is InChI=1S/C51H36N2/c1-50(2)39-26-36-38(27-37(39)48-35-24-23-30-16-12-15-29-21-22-32(25-40(48)50)46(35)45(29)30)51(3,4)41-28-44(33-17-8-9-18-34(33)47(36)41)53-43-20-11-10-19-42(43)52-49(53)31-13-6-5-7-14-31/h5-28H,1-4H3. The van der Waals surface area contributed by atoms with E-state index in [2.05, 4.69) is 178 Å². The maximum Gasteiger partial charge on any atom is 0.145 e. The van der Waals surface area contributed by atoms with Crippen molar-refractivity contribution in [3.63, 3.8) is 0 Å². The number of hydrogen-bond acceptors (Lipinski definition) is 1. The van der Waals surface area contributed by atoms with Crippen LogP contribution in [0.3, 0.4) is 0 Å². The fraction of sp³-hybridized carbons (Fsp3) is 0.118. The largest absolute Gasteiger partial charge is 0.292 e. The fourth-order valence-corrected chi connectivity index (χ4v) is 10.3. The van der Waals surface area contributed by atoms with Crippen LogP contribution in [0.4, 0.5) is 0 Å². The van der Waals surface area contributed by atoms with Gasteiger partial charge in [-0.3, -0.25) is 4.57 Å². The van der Waals surface area contributed by atoms with Crippen molar-refractivity contribution in [1.29, 1.82) is 0 Å². The summed E-state index contributed by atoms with van der Waals surface area (Å²) in [6.07, 6.45) is 0. The average molecular weight is 677 g/mol. The number of aromatic nitrogens is 2. The van der Waals surface area contributed by atoms with E-state index in [1.165, 1.54) is 93.3 Å². The van der Waals surface area contributed by atoms with Crippen molar-refractivity contribution in [2.75, 3.05) is 0 Å². The summed E-state index contributed by atoms with van der Waals surface area (Å²) in [7, 11) is 0. The van der Waals surface area contributed by atoms with Crippen molar-refractivity contribution in [3.8, 4) is 39.3 Å². The van der Waals surface area contributed by atoms with Gasteiger partial charge in [-0.25, -0.2) is 4.98 Å². The Bertz CT molecular complexity index is 3200. The van der Waals surface area contributed by atoms with Crippen molar-refractivity contribution in [1.82, 2.24) is 9.55 Å². The number of fused-ring (bicyclic) bond motifs is 10. The minimum absolute atomic E-state index is 0.146. The molecule has 0 radical (unpaired) electrons. The third kappa shape index (κ3) is 3.61. The molecule has 12 rings (SSSR count). The summed E-state index contributed by atoms with van der Waals surface area (Å²) < 4.78 is 2.40. The highest BCUT2D eigenvalue weighted by Gasteiger charge is 2.43. The predicted octanol–water partition coefficient (Wildman–Crippen LogP) is 13.4. The van der Waals surface area contributed by atoms with Gasteiger partial charge in [0.2, 0.25) is 0 Å². The van der Waals surface area contributed by atoms with Crippen LogP contribution in [0.25, 0.3) is 93.5 Å². The molecule has 0 aliphatic heterocycles. The second-order valence-corrected chi connectivity index (χ2v) is 16.3. The Morgan fingerprint density at radius 3 is 1.81 bits per heavy atom. The molecule has 1 aromatic heterocycles. The first-order valence-electron chi connectivity index (χ1n) is 18.8. The normalized spacial score (nSPS) is 15.1. The lowest BCUT2D eigenvalue weighted by Crippen LogP contribution is -2.17. The van der Waals surface area contributed by atoms with Gasteiger partial charge in [0.05, 0.1) is 16.7 Å². The number of imidazole rings is 1. The first-order valence-corrected chi connectivity index (χ1v) is 18.8. The van der Waals surface area contributed by atoms with Gasteiger partial charge >= 0.3 is 0 Å². The van der Waals surface area contributed by atoms with E-state index >= 15 is 0 Å². The lowest BCUT2D eigenvalue weighted by atomic mass is 9.79. The maximum atomic E-state index is 5.23. The highest BCUT2D eigenvalue weighted by Crippen LogP contribution is 2.59. The number of hydrogen-bond donors (Lipinski definition) is 0. The van der Waals surface area contributed by atoms with Gasteiger partial charge in [0.25, 0.3) is 0 Å². The second kappa shape index (κ2) is 9.79. The molecule has 0 N–H and O–H groups in total. The molecule has 0 bridgehead atoms. The number of benzene rings is 9. The van der Waals surface area contributed by atoms with Gasteiger partial charge in [-0.2, -0.15) is 0 Å². The SMILES string of the molecule is CC1(C)c2cc3c(cc2-c2c1cc(-n1c(-c4ccccc4)nc4ccccc41)c1ccccc21)C(C)(C)c1cc2ccc4cccc5ccc(c1-3)c2c45. The van der Waals surface area contributed by atoms with E-state index in [0.717, 1.165) is 22.4 Å². The lowest BCUT2D eigenvalue weighted by Gasteiger charge is -2.25. The molecule has 0 atom stereocenters. The molecular formula is C51H36N2. The van der Waals surface area contributed by atoms with E-state index in [-0.39, 0.29) is 10.8 Å². The Kier molecular flexibility index (Phi) is 5.42. The zero-order valence-electron chi connectivity index (χ0n) is 30.3. The summed E-state index contributed by atoms with van der Waals surface area (Å²) in [4.78, 5) is 5.23. The summed E-state index contributed by atoms with van der Waals surface area (Å²) in [5.74, 6) is 0.965. The Balaban J connectivity index is 1.15. The monoisotopic (exact) mass is 676 g/mol. The van der Waals surface area contributed by atoms with Crippen LogP contribution < -0.4 is 0 Å². The first-order chi connectivity index (χ1) is 25.8. The third-order valence-electron chi connectivity index (χ3n) is 12.9. The van der Waals surface area contributed by atoms with E-state index in [0.29, 0.717) is 0 Å². The van der Waals surface area contributed by atoms with Crippen LogP contribution in [0.2, 0.25) is 0 Å². The van der Waals surface area contributed by atoms with Gasteiger partial charge < -0.3 is 0 Å². The number of para-hydroxylation sites is 2. The van der Waals surface area contributed by atoms with Crippen LogP contribution in [0.1, 0.15) is 49.9 Å². The molecule has 0 saturated carbocycles. The maximum absolute atomic E-state index is 5.23. The van der Waals surface area contributed by atoms with Crippen LogP contribution in [-0.4, -0.2) is 9.55 Å². The predicted molar refractivity (Wildman–Crippen MR) is 223 cm³/mol. The molecule has 250 valence electrons. The molecule has 0 amide bonds. The summed E-state index contributed by atoms with van der Waals surface area (Å²) in [6, 6.07) is 54.4. The van der Waals surface area contributed by atoms with Gasteiger partial charge in [-0.15, -0.1) is 0 Å². The zero-order chi connectivity index (χ0) is 35.4. The molecule has 2 aliphatic rings. The minimum Gasteiger partial charge on any atom is -0.292 e. The summed E-state index contributed by atoms with van der Waals surface area (Å²) >= 11 is 0. The number of rotatable bonds is 2. The van der Waals surface area contributed by atoms with Gasteiger partial charge in [-0.05, 0) is 119 Å². The van der Waals surface area contributed by atoms with Crippen molar-refractivity contribution in [2.24, 2.45) is 0 Å². The van der Waals surface area contributed by atoms with Crippen LogP contribution in [0, 0.1) is 0 Å². The molecule has 53 heavy (non-hydrogen) atoms. The lowest BCUT2D eigenvalue weighted by molar-refractivity contribution is 0.652. The average Bonchev–Trinajstić information content (AvgIpc) is 3.76. The molecule has 2 aliphatic carbocycles. The van der Waals surface area contributed by atoms with E-state index < -0.39 is 0 Å². The quantitative estimate of drug-likeness (QED) is 0.167. The highest BCUT2D eigenvalue weighted by molar-refractivity contribution is 6.26. The molecule has 0 fully saturated rings. The fourth-order valence-electron chi connectivity index (χ4n) is 10.3. The number of nitrogens with zero attached hydrogens (tertiary/aromatic N) is 2. The molecule has 10 aromatic rings. The molecule has 0 spiro atoms. The van der Waals surface area contributed by atoms with Crippen LogP contribution in [0.5, 0.6) is 0 Å². The topological polar surface area (TPSA) is 17.8 Å². The van der Waals surface area contributed by atoms with Crippen molar-refractivity contribution >= 4 is 54.1 Å². The van der Waals surface area contributed by atoms with Gasteiger partial charge in [0, 0.05) is 21.8 Å². The minimum atomic E-state index is -0.224. The summed E-state index contributed by atoms with van der Waals surface area (Å²) in [6.45, 7) is 9.72. The Morgan fingerprint density at radius 1 is 0.453 bits per heavy atom. The van der Waals surface area contributed by atoms with Gasteiger partial charge in [-0.1, -0.05) is 137 Å². The van der Waals surface area contributed by atoms with Crippen molar-refractivity contribution < 1.29 is 0 Å². The highest BCUT2D eigenvalue weighted by atomic mass is 15.1. The van der Waals surface area contributed by atoms with E-state index in [1.807, 2.05) is 0 Å². The molecule has 0 saturated heterocycles. The summed E-state index contributed by atoms with van der Waals surface area (Å²) in [5.41, 5.74) is 15.2. The smallest absolute Gasteiger partial charge is 0.145 e. The molecule has 1 heterocycles.